The second-order valence-corrected chi connectivity index (χ2v) is 7.29. The van der Waals surface area contributed by atoms with Crippen LogP contribution in [0.1, 0.15) is 11.1 Å². The Balaban J connectivity index is 2.25. The summed E-state index contributed by atoms with van der Waals surface area (Å²) in [6, 6.07) is 3.99. The summed E-state index contributed by atoms with van der Waals surface area (Å²) in [7, 11) is 1.58. The molecule has 15 heteroatoms. The minimum atomic E-state index is -5.85. The smallest absolute Gasteiger partial charge is 0.427 e. The van der Waals surface area contributed by atoms with Crippen molar-refractivity contribution in [2.75, 3.05) is 5.73 Å². The van der Waals surface area contributed by atoms with Crippen molar-refractivity contribution in [2.24, 2.45) is 12.8 Å². The highest BCUT2D eigenvalue weighted by atomic mass is 19.4. The summed E-state index contributed by atoms with van der Waals surface area (Å²) in [5.41, 5.74) is 5.85. The van der Waals surface area contributed by atoms with Crippen molar-refractivity contribution in [1.82, 2.24) is 19.7 Å². The van der Waals surface area contributed by atoms with E-state index in [1.807, 2.05) is 0 Å². The Morgan fingerprint density at radius 2 is 1.74 bits per heavy atom. The number of hydrogen-bond donors (Lipinski definition) is 2. The number of rotatable bonds is 5. The maximum atomic E-state index is 14.0. The van der Waals surface area contributed by atoms with E-state index < -0.39 is 35.4 Å². The number of carbonyl (C=O) groups is 2. The van der Waals surface area contributed by atoms with Crippen molar-refractivity contribution in [1.29, 1.82) is 0 Å². The predicted molar refractivity (Wildman–Crippen MR) is 108 cm³/mol. The number of esters is 1. The highest BCUT2D eigenvalue weighted by Gasteiger charge is 2.66. The highest BCUT2D eigenvalue weighted by molar-refractivity contribution is 5.90. The summed E-state index contributed by atoms with van der Waals surface area (Å²) < 4.78 is 85.6. The first kappa shape index (κ1) is 25.5. The van der Waals surface area contributed by atoms with E-state index in [0.29, 0.717) is 23.4 Å². The molecule has 3 rings (SSSR count). The number of nitrogen functional groups attached to an aromatic ring is 1. The SMILES string of the molecule is Cc1ccc(C(OC(=O)C(F)(F)F)(C(N)=O)C(F)(F)F)cc1-c1cnc(N)c(-c2ccnn2C)n1. The lowest BCUT2D eigenvalue weighted by Gasteiger charge is -2.33. The van der Waals surface area contributed by atoms with Gasteiger partial charge in [0, 0.05) is 24.4 Å². The van der Waals surface area contributed by atoms with Gasteiger partial charge >= 0.3 is 23.9 Å². The van der Waals surface area contributed by atoms with Crippen LogP contribution >= 0.6 is 0 Å². The lowest BCUT2D eigenvalue weighted by molar-refractivity contribution is -0.280. The van der Waals surface area contributed by atoms with Gasteiger partial charge in [-0.2, -0.15) is 31.4 Å². The van der Waals surface area contributed by atoms with Gasteiger partial charge in [0.2, 0.25) is 0 Å². The number of benzene rings is 1. The number of carbonyl (C=O) groups excluding carboxylic acids is 2. The molecule has 186 valence electrons. The monoisotopic (exact) mass is 502 g/mol. The number of anilines is 1. The lowest BCUT2D eigenvalue weighted by atomic mass is 9.88. The third-order valence-electron chi connectivity index (χ3n) is 5.01. The number of halogens is 6. The van der Waals surface area contributed by atoms with Crippen molar-refractivity contribution in [2.45, 2.75) is 24.9 Å². The molecule has 0 aliphatic carbocycles. The van der Waals surface area contributed by atoms with Gasteiger partial charge < -0.3 is 16.2 Å². The first-order valence-electron chi connectivity index (χ1n) is 9.48. The van der Waals surface area contributed by atoms with Crippen LogP contribution in [0.4, 0.5) is 32.2 Å². The first-order chi connectivity index (χ1) is 16.1. The Kier molecular flexibility index (Phi) is 6.22. The Hall–Kier alpha value is -4.17. The molecule has 0 saturated carbocycles. The Morgan fingerprint density at radius 3 is 2.26 bits per heavy atom. The highest BCUT2D eigenvalue weighted by Crippen LogP contribution is 2.45. The van der Waals surface area contributed by atoms with Crippen LogP contribution in [0.3, 0.4) is 0 Å². The number of alkyl halides is 6. The summed E-state index contributed by atoms with van der Waals surface area (Å²) in [5, 5.41) is 3.97. The van der Waals surface area contributed by atoms with Crippen molar-refractivity contribution in [3.63, 3.8) is 0 Å². The molecule has 1 amide bonds. The summed E-state index contributed by atoms with van der Waals surface area (Å²) in [4.78, 5) is 31.6. The average Bonchev–Trinajstić information content (AvgIpc) is 3.16. The first-order valence-corrected chi connectivity index (χ1v) is 9.48. The van der Waals surface area contributed by atoms with Crippen LogP contribution in [0.25, 0.3) is 22.6 Å². The number of aromatic nitrogens is 4. The molecule has 1 unspecified atom stereocenters. The maximum absolute atomic E-state index is 14.0. The Labute approximate surface area is 192 Å². The minimum Gasteiger partial charge on any atom is -0.427 e. The fourth-order valence-corrected chi connectivity index (χ4v) is 3.25. The van der Waals surface area contributed by atoms with Crippen LogP contribution in [-0.4, -0.2) is 44.0 Å². The number of amides is 1. The van der Waals surface area contributed by atoms with E-state index in [-0.39, 0.29) is 22.8 Å². The summed E-state index contributed by atoms with van der Waals surface area (Å²) in [5.74, 6) is -5.66. The van der Waals surface area contributed by atoms with Crippen LogP contribution in [0.5, 0.6) is 0 Å². The largest absolute Gasteiger partial charge is 0.490 e. The summed E-state index contributed by atoms with van der Waals surface area (Å²) >= 11 is 0. The third-order valence-corrected chi connectivity index (χ3v) is 5.01. The zero-order chi connectivity index (χ0) is 26.3. The van der Waals surface area contributed by atoms with Gasteiger partial charge in [-0.05, 0) is 24.6 Å². The second-order valence-electron chi connectivity index (χ2n) is 7.29. The van der Waals surface area contributed by atoms with Gasteiger partial charge in [-0.15, -0.1) is 0 Å². The Bertz CT molecular complexity index is 1300. The van der Waals surface area contributed by atoms with E-state index in [1.54, 1.807) is 13.1 Å². The van der Waals surface area contributed by atoms with Gasteiger partial charge in [0.05, 0.1) is 17.6 Å². The molecule has 0 saturated heterocycles. The molecule has 1 aromatic carbocycles. The van der Waals surface area contributed by atoms with E-state index in [0.717, 1.165) is 12.3 Å². The van der Waals surface area contributed by atoms with Crippen LogP contribution in [0, 0.1) is 6.92 Å². The maximum Gasteiger partial charge on any atom is 0.490 e. The van der Waals surface area contributed by atoms with Crippen molar-refractivity contribution >= 4 is 17.7 Å². The number of aryl methyl sites for hydroxylation is 2. The molecule has 9 nitrogen and oxygen atoms in total. The molecule has 1 atom stereocenters. The number of hydrogen-bond acceptors (Lipinski definition) is 7. The number of ether oxygens (including phenoxy) is 1. The molecule has 35 heavy (non-hydrogen) atoms. The summed E-state index contributed by atoms with van der Waals surface area (Å²) in [6.45, 7) is 1.46. The fraction of sp³-hybridized carbons (Fsp3) is 0.250. The van der Waals surface area contributed by atoms with E-state index in [2.05, 4.69) is 19.8 Å². The zero-order valence-corrected chi connectivity index (χ0v) is 17.9. The van der Waals surface area contributed by atoms with Gasteiger partial charge in [-0.1, -0.05) is 12.1 Å². The number of nitrogens with zero attached hydrogens (tertiary/aromatic N) is 4. The van der Waals surface area contributed by atoms with Gasteiger partial charge in [0.1, 0.15) is 5.69 Å². The summed E-state index contributed by atoms with van der Waals surface area (Å²) in [6.07, 6.45) is -9.13. The molecule has 4 N–H and O–H groups in total. The quantitative estimate of drug-likeness (QED) is 0.404. The molecule has 2 heterocycles. The van der Waals surface area contributed by atoms with Gasteiger partial charge in [-0.3, -0.25) is 9.48 Å². The minimum absolute atomic E-state index is 0.0351. The molecular formula is C20H16F6N6O3. The van der Waals surface area contributed by atoms with Crippen molar-refractivity contribution < 1.29 is 40.7 Å². The van der Waals surface area contributed by atoms with Gasteiger partial charge in [-0.25, -0.2) is 14.8 Å². The topological polar surface area (TPSA) is 139 Å². The lowest BCUT2D eigenvalue weighted by Crippen LogP contribution is -2.57. The van der Waals surface area contributed by atoms with Crippen molar-refractivity contribution in [3.05, 3.63) is 47.8 Å². The molecule has 3 aromatic rings. The van der Waals surface area contributed by atoms with Gasteiger partial charge in [0.25, 0.3) is 5.91 Å². The van der Waals surface area contributed by atoms with Crippen LogP contribution in [-0.2, 0) is 27.0 Å². The van der Waals surface area contributed by atoms with Crippen LogP contribution in [0.2, 0.25) is 0 Å². The molecular weight excluding hydrogens is 486 g/mol. The van der Waals surface area contributed by atoms with Crippen molar-refractivity contribution in [3.8, 4) is 22.6 Å². The predicted octanol–water partition coefficient (Wildman–Crippen LogP) is 2.78. The van der Waals surface area contributed by atoms with E-state index in [9.17, 15) is 35.9 Å². The third kappa shape index (κ3) is 4.48. The molecule has 0 aliphatic rings. The van der Waals surface area contributed by atoms with E-state index >= 15 is 0 Å². The standard InChI is InChI=1S/C20H16F6N6O3/c1-9-3-4-10(18(16(28)33,20(24,25)26)35-17(34)19(21,22)23)7-11(9)12-8-29-15(27)14(31-12)13-5-6-30-32(13)2/h3-8H,1-2H3,(H2,27,29)(H2,28,33). The molecule has 0 bridgehead atoms. The van der Waals surface area contributed by atoms with Crippen LogP contribution in [0.15, 0.2) is 36.7 Å². The molecule has 0 aliphatic heterocycles. The number of primary amides is 1. The normalized spacial score (nSPS) is 13.8. The fourth-order valence-electron chi connectivity index (χ4n) is 3.25. The van der Waals surface area contributed by atoms with Gasteiger partial charge in [0.15, 0.2) is 5.82 Å². The average molecular weight is 502 g/mol. The van der Waals surface area contributed by atoms with Crippen LogP contribution < -0.4 is 11.5 Å². The van der Waals surface area contributed by atoms with E-state index in [1.165, 1.54) is 17.8 Å². The zero-order valence-electron chi connectivity index (χ0n) is 17.9. The second kappa shape index (κ2) is 8.56. The molecule has 0 spiro atoms. The van der Waals surface area contributed by atoms with E-state index in [4.69, 9.17) is 11.5 Å². The molecule has 0 fully saturated rings. The Morgan fingerprint density at radius 1 is 1.09 bits per heavy atom. The molecule has 2 aromatic heterocycles. The molecule has 0 radical (unpaired) electrons. The number of nitrogens with two attached hydrogens (primary N) is 2.